The molecule has 0 radical (unpaired) electrons. The number of hydrogen-bond donors (Lipinski definition) is 1. The summed E-state index contributed by atoms with van der Waals surface area (Å²) >= 11 is 0. The van der Waals surface area contributed by atoms with E-state index in [0.29, 0.717) is 12.1 Å². The van der Waals surface area contributed by atoms with Crippen LogP contribution in [0.15, 0.2) is 47.6 Å². The van der Waals surface area contributed by atoms with Gasteiger partial charge in [0.15, 0.2) is 0 Å². The summed E-state index contributed by atoms with van der Waals surface area (Å²) in [4.78, 5) is 12.4. The molecule has 1 atom stereocenters. The van der Waals surface area contributed by atoms with Crippen LogP contribution in [0, 0.1) is 11.7 Å². The van der Waals surface area contributed by atoms with Crippen molar-refractivity contribution in [1.29, 1.82) is 0 Å². The fourth-order valence-electron chi connectivity index (χ4n) is 3.32. The molecule has 0 aromatic heterocycles. The molecule has 0 spiro atoms. The van der Waals surface area contributed by atoms with Crippen LogP contribution in [0.3, 0.4) is 0 Å². The lowest BCUT2D eigenvalue weighted by Crippen LogP contribution is -2.39. The summed E-state index contributed by atoms with van der Waals surface area (Å²) in [7, 11) is 0. The van der Waals surface area contributed by atoms with Gasteiger partial charge in [0.05, 0.1) is 5.71 Å². The lowest BCUT2D eigenvalue weighted by molar-refractivity contribution is -0.119. The number of anilines is 1. The van der Waals surface area contributed by atoms with Crippen molar-refractivity contribution in [3.8, 4) is 5.75 Å². The molecule has 1 N–H and O–H groups in total. The van der Waals surface area contributed by atoms with Crippen LogP contribution in [0.5, 0.6) is 5.75 Å². The van der Waals surface area contributed by atoms with Crippen LogP contribution in [-0.4, -0.2) is 16.7 Å². The molecule has 23 heavy (non-hydrogen) atoms. The number of nitrogens with zero attached hydrogens (tertiary/aromatic N) is 2. The van der Waals surface area contributed by atoms with E-state index in [1.165, 1.54) is 23.2 Å². The van der Waals surface area contributed by atoms with E-state index in [1.54, 1.807) is 24.3 Å². The van der Waals surface area contributed by atoms with Crippen LogP contribution >= 0.6 is 0 Å². The second-order valence-electron chi connectivity index (χ2n) is 5.92. The van der Waals surface area contributed by atoms with E-state index in [2.05, 4.69) is 5.10 Å². The number of benzene rings is 2. The third-order valence-corrected chi connectivity index (χ3v) is 4.47. The van der Waals surface area contributed by atoms with E-state index < -0.39 is 0 Å². The fraction of sp³-hybridized carbons (Fsp3) is 0.222. The van der Waals surface area contributed by atoms with E-state index in [9.17, 15) is 14.3 Å². The van der Waals surface area contributed by atoms with Crippen molar-refractivity contribution in [3.63, 3.8) is 0 Å². The molecule has 1 unspecified atom stereocenters. The lowest BCUT2D eigenvalue weighted by Gasteiger charge is -2.33. The maximum Gasteiger partial charge on any atom is 0.248 e. The van der Waals surface area contributed by atoms with Gasteiger partial charge in [-0.05, 0) is 42.7 Å². The third kappa shape index (κ3) is 2.29. The number of phenolic OH excluding ortho intramolecular Hbond substituents is 1. The molecule has 2 aliphatic rings. The van der Waals surface area contributed by atoms with Gasteiger partial charge < -0.3 is 5.11 Å². The molecule has 116 valence electrons. The van der Waals surface area contributed by atoms with Crippen molar-refractivity contribution in [1.82, 2.24) is 0 Å². The maximum absolute atomic E-state index is 13.6. The highest BCUT2D eigenvalue weighted by Crippen LogP contribution is 2.36. The minimum absolute atomic E-state index is 0.000995. The van der Waals surface area contributed by atoms with Crippen LogP contribution in [-0.2, 0) is 11.2 Å². The number of aryl methyl sites for hydroxylation is 1. The predicted molar refractivity (Wildman–Crippen MR) is 85.0 cm³/mol. The topological polar surface area (TPSA) is 52.9 Å². The Morgan fingerprint density at radius 3 is 2.87 bits per heavy atom. The lowest BCUT2D eigenvalue weighted by atomic mass is 9.79. The number of carbonyl (C=O) groups excluding carboxylic acids is 1. The molecule has 2 aromatic rings. The van der Waals surface area contributed by atoms with Crippen LogP contribution in [0.4, 0.5) is 10.1 Å². The number of para-hydroxylation sites is 2. The predicted octanol–water partition coefficient (Wildman–Crippen LogP) is 3.23. The van der Waals surface area contributed by atoms with Crippen molar-refractivity contribution in [3.05, 3.63) is 59.4 Å². The highest BCUT2D eigenvalue weighted by atomic mass is 19.1. The Kier molecular flexibility index (Phi) is 3.15. The van der Waals surface area contributed by atoms with Crippen molar-refractivity contribution < 1.29 is 14.3 Å². The molecule has 1 aliphatic carbocycles. The molecule has 0 bridgehead atoms. The molecule has 1 amide bonds. The number of fused-ring (bicyclic) bond motifs is 3. The van der Waals surface area contributed by atoms with Crippen LogP contribution in [0.25, 0.3) is 0 Å². The van der Waals surface area contributed by atoms with E-state index in [1.807, 2.05) is 0 Å². The van der Waals surface area contributed by atoms with Crippen molar-refractivity contribution in [2.75, 3.05) is 5.01 Å². The largest absolute Gasteiger partial charge is 0.506 e. The number of carbonyl (C=O) groups is 1. The molecule has 0 saturated carbocycles. The summed E-state index contributed by atoms with van der Waals surface area (Å²) in [6, 6.07) is 11.3. The zero-order valence-electron chi connectivity index (χ0n) is 12.4. The summed E-state index contributed by atoms with van der Waals surface area (Å²) in [5, 5.41) is 15.7. The van der Waals surface area contributed by atoms with Crippen LogP contribution < -0.4 is 5.01 Å². The second kappa shape index (κ2) is 5.19. The number of hydrogen-bond acceptors (Lipinski definition) is 3. The molecule has 1 aliphatic heterocycles. The number of rotatable bonds is 1. The van der Waals surface area contributed by atoms with Crippen molar-refractivity contribution in [2.45, 2.75) is 19.3 Å². The Morgan fingerprint density at radius 2 is 2.04 bits per heavy atom. The van der Waals surface area contributed by atoms with Gasteiger partial charge in [-0.3, -0.25) is 4.79 Å². The first-order valence-electron chi connectivity index (χ1n) is 7.62. The normalized spacial score (nSPS) is 19.9. The highest BCUT2D eigenvalue weighted by Gasteiger charge is 2.35. The van der Waals surface area contributed by atoms with E-state index in [0.717, 1.165) is 29.7 Å². The smallest absolute Gasteiger partial charge is 0.248 e. The number of amides is 1. The van der Waals surface area contributed by atoms with Gasteiger partial charge in [0.1, 0.15) is 17.3 Å². The summed E-state index contributed by atoms with van der Waals surface area (Å²) < 4.78 is 13.6. The highest BCUT2D eigenvalue weighted by molar-refractivity contribution is 6.11. The molecule has 1 heterocycles. The first-order valence-corrected chi connectivity index (χ1v) is 7.62. The van der Waals surface area contributed by atoms with Gasteiger partial charge in [-0.25, -0.2) is 4.39 Å². The Balaban J connectivity index is 1.85. The van der Waals surface area contributed by atoms with Crippen molar-refractivity contribution in [2.24, 2.45) is 11.0 Å². The molecule has 0 fully saturated rings. The van der Waals surface area contributed by atoms with Gasteiger partial charge >= 0.3 is 0 Å². The molecular weight excluding hydrogens is 295 g/mol. The summed E-state index contributed by atoms with van der Waals surface area (Å²) in [5.74, 6) is -0.448. The zero-order chi connectivity index (χ0) is 16.0. The molecule has 0 saturated heterocycles. The molecule has 4 rings (SSSR count). The summed E-state index contributed by atoms with van der Waals surface area (Å²) in [6.45, 7) is 0. The number of phenols is 1. The Labute approximate surface area is 132 Å². The fourth-order valence-corrected chi connectivity index (χ4v) is 3.32. The number of hydrazone groups is 1. The number of aromatic hydroxyl groups is 1. The molecular formula is C18H15FN2O2. The average molecular weight is 310 g/mol. The first-order chi connectivity index (χ1) is 11.1. The van der Waals surface area contributed by atoms with Gasteiger partial charge in [0.25, 0.3) is 0 Å². The maximum atomic E-state index is 13.6. The minimum atomic E-state index is -0.307. The Morgan fingerprint density at radius 1 is 1.22 bits per heavy atom. The summed E-state index contributed by atoms with van der Waals surface area (Å²) in [6.07, 6.45) is 1.98. The van der Waals surface area contributed by atoms with Gasteiger partial charge in [-0.15, -0.1) is 0 Å². The van der Waals surface area contributed by atoms with E-state index in [4.69, 9.17) is 0 Å². The zero-order valence-corrected chi connectivity index (χ0v) is 12.4. The SMILES string of the molecule is O=C1CC2CCc3ccc(F)cc3C2=NN1c1ccccc1O. The minimum Gasteiger partial charge on any atom is -0.506 e. The van der Waals surface area contributed by atoms with Crippen molar-refractivity contribution >= 4 is 17.3 Å². The van der Waals surface area contributed by atoms with E-state index in [-0.39, 0.29) is 23.4 Å². The van der Waals surface area contributed by atoms with E-state index >= 15 is 0 Å². The van der Waals surface area contributed by atoms with Gasteiger partial charge in [0.2, 0.25) is 5.91 Å². The van der Waals surface area contributed by atoms with Crippen LogP contribution in [0.1, 0.15) is 24.0 Å². The van der Waals surface area contributed by atoms with Gasteiger partial charge in [-0.1, -0.05) is 18.2 Å². The number of halogens is 1. The molecule has 4 nitrogen and oxygen atoms in total. The Bertz CT molecular complexity index is 832. The van der Waals surface area contributed by atoms with Gasteiger partial charge in [0, 0.05) is 17.9 Å². The standard InChI is InChI=1S/C18H15FN2O2/c19-13-8-7-11-5-6-12-9-17(23)21(20-18(12)14(11)10-13)15-3-1-2-4-16(15)22/h1-4,7-8,10,12,22H,5-6,9H2. The monoisotopic (exact) mass is 310 g/mol. The average Bonchev–Trinajstić information content (AvgIpc) is 2.55. The first kappa shape index (κ1) is 13.9. The van der Waals surface area contributed by atoms with Gasteiger partial charge in [-0.2, -0.15) is 10.1 Å². The van der Waals surface area contributed by atoms with Crippen LogP contribution in [0.2, 0.25) is 0 Å². The second-order valence-corrected chi connectivity index (χ2v) is 5.92. The summed E-state index contributed by atoms with van der Waals surface area (Å²) in [5.41, 5.74) is 2.91. The molecule has 5 heteroatoms. The Hall–Kier alpha value is -2.69. The third-order valence-electron chi connectivity index (χ3n) is 4.47. The quantitative estimate of drug-likeness (QED) is 0.879. The molecule has 2 aromatic carbocycles.